The zero-order valence-corrected chi connectivity index (χ0v) is 15.1. The highest BCUT2D eigenvalue weighted by molar-refractivity contribution is 9.10. The molecule has 0 bridgehead atoms. The third-order valence-corrected chi connectivity index (χ3v) is 5.30. The first-order chi connectivity index (χ1) is 11.8. The van der Waals surface area contributed by atoms with Crippen LogP contribution in [0.1, 0.15) is 5.56 Å². The molecule has 0 atom stereocenters. The number of benzene rings is 2. The monoisotopic (exact) mass is 427 g/mol. The van der Waals surface area contributed by atoms with Gasteiger partial charge in [-0.3, -0.25) is 9.40 Å². The van der Waals surface area contributed by atoms with Crippen molar-refractivity contribution in [1.82, 2.24) is 9.78 Å². The molecule has 0 unspecified atom stereocenters. The van der Waals surface area contributed by atoms with E-state index in [0.717, 1.165) is 24.3 Å². The third kappa shape index (κ3) is 4.05. The number of halogens is 3. The fraction of sp³-hybridized carbons (Fsp3) is 0.0625. The minimum absolute atomic E-state index is 0.0562. The van der Waals surface area contributed by atoms with E-state index in [4.69, 9.17) is 0 Å². The van der Waals surface area contributed by atoms with Crippen molar-refractivity contribution in [3.05, 3.63) is 76.4 Å². The molecule has 0 amide bonds. The van der Waals surface area contributed by atoms with Gasteiger partial charge < -0.3 is 0 Å². The van der Waals surface area contributed by atoms with Gasteiger partial charge in [0.15, 0.2) is 5.82 Å². The van der Waals surface area contributed by atoms with Crippen LogP contribution >= 0.6 is 15.9 Å². The van der Waals surface area contributed by atoms with E-state index >= 15 is 0 Å². The van der Waals surface area contributed by atoms with Gasteiger partial charge >= 0.3 is 0 Å². The number of nitrogens with one attached hydrogen (secondary N) is 1. The van der Waals surface area contributed by atoms with E-state index in [9.17, 15) is 17.2 Å². The molecular weight excluding hydrogens is 416 g/mol. The Morgan fingerprint density at radius 3 is 2.44 bits per heavy atom. The Bertz CT molecular complexity index is 1000. The average Bonchev–Trinajstić information content (AvgIpc) is 2.89. The fourth-order valence-corrected chi connectivity index (χ4v) is 3.71. The number of anilines is 1. The predicted molar refractivity (Wildman–Crippen MR) is 92.6 cm³/mol. The van der Waals surface area contributed by atoms with Gasteiger partial charge in [0.1, 0.15) is 11.6 Å². The predicted octanol–water partition coefficient (Wildman–Crippen LogP) is 3.77. The molecule has 0 spiro atoms. The maximum atomic E-state index is 13.7. The van der Waals surface area contributed by atoms with Gasteiger partial charge in [0.25, 0.3) is 10.0 Å². The molecule has 0 aliphatic rings. The van der Waals surface area contributed by atoms with Gasteiger partial charge in [-0.2, -0.15) is 5.10 Å². The van der Waals surface area contributed by atoms with Gasteiger partial charge in [-0.25, -0.2) is 17.2 Å². The normalized spacial score (nSPS) is 11.5. The van der Waals surface area contributed by atoms with Crippen molar-refractivity contribution in [1.29, 1.82) is 0 Å². The Morgan fingerprint density at radius 2 is 1.76 bits per heavy atom. The molecule has 0 saturated carbocycles. The molecule has 3 aromatic rings. The van der Waals surface area contributed by atoms with Gasteiger partial charge in [-0.05, 0) is 46.3 Å². The van der Waals surface area contributed by atoms with Crippen molar-refractivity contribution in [2.45, 2.75) is 11.4 Å². The number of nitrogens with zero attached hydrogens (tertiary/aromatic N) is 2. The Morgan fingerprint density at radius 1 is 1.08 bits per heavy atom. The number of rotatable bonds is 5. The molecular formula is C16H12BrF2N3O2S. The Balaban J connectivity index is 1.83. The molecule has 5 nitrogen and oxygen atoms in total. The van der Waals surface area contributed by atoms with E-state index < -0.39 is 15.8 Å². The molecule has 0 aliphatic carbocycles. The highest BCUT2D eigenvalue weighted by Crippen LogP contribution is 2.24. The van der Waals surface area contributed by atoms with Gasteiger partial charge in [-0.15, -0.1) is 0 Å². The molecule has 25 heavy (non-hydrogen) atoms. The van der Waals surface area contributed by atoms with Crippen LogP contribution in [-0.4, -0.2) is 18.2 Å². The quantitative estimate of drug-likeness (QED) is 0.673. The summed E-state index contributed by atoms with van der Waals surface area (Å²) in [5.41, 5.74) is 0.422. The van der Waals surface area contributed by atoms with Crippen molar-refractivity contribution in [2.75, 3.05) is 4.72 Å². The molecule has 1 N–H and O–H groups in total. The zero-order valence-electron chi connectivity index (χ0n) is 12.7. The summed E-state index contributed by atoms with van der Waals surface area (Å²) in [5.74, 6) is -0.850. The van der Waals surface area contributed by atoms with Crippen molar-refractivity contribution in [3.8, 4) is 0 Å². The van der Waals surface area contributed by atoms with Crippen LogP contribution < -0.4 is 4.72 Å². The number of hydrogen-bond donors (Lipinski definition) is 1. The summed E-state index contributed by atoms with van der Waals surface area (Å²) in [6.45, 7) is 0.142. The van der Waals surface area contributed by atoms with Crippen molar-refractivity contribution >= 4 is 31.8 Å². The largest absolute Gasteiger partial charge is 0.265 e. The molecule has 0 fully saturated rings. The minimum atomic E-state index is -3.92. The summed E-state index contributed by atoms with van der Waals surface area (Å²) in [4.78, 5) is -0.0931. The lowest BCUT2D eigenvalue weighted by atomic mass is 10.2. The minimum Gasteiger partial charge on any atom is -0.265 e. The van der Waals surface area contributed by atoms with Crippen LogP contribution in [-0.2, 0) is 16.6 Å². The molecule has 0 radical (unpaired) electrons. The first-order valence-corrected chi connectivity index (χ1v) is 9.37. The van der Waals surface area contributed by atoms with Gasteiger partial charge in [0, 0.05) is 11.8 Å². The molecule has 9 heteroatoms. The standard InChI is InChI=1S/C16H12BrF2N3O2S/c17-14-10-22(9-11-3-1-2-4-15(11)19)20-16(14)21-25(23,24)13-7-5-12(18)6-8-13/h1-8,10H,9H2,(H,20,21). The Hall–Kier alpha value is -2.26. The van der Waals surface area contributed by atoms with Crippen molar-refractivity contribution in [2.24, 2.45) is 0 Å². The SMILES string of the molecule is O=S(=O)(Nc1nn(Cc2ccccc2F)cc1Br)c1ccc(F)cc1. The second kappa shape index (κ2) is 6.93. The van der Waals surface area contributed by atoms with Crippen LogP contribution in [0.4, 0.5) is 14.6 Å². The summed E-state index contributed by atoms with van der Waals surface area (Å²) >= 11 is 3.22. The maximum Gasteiger partial charge on any atom is 0.263 e. The lowest BCUT2D eigenvalue weighted by Crippen LogP contribution is -2.14. The summed E-state index contributed by atoms with van der Waals surface area (Å²) < 4.78 is 55.4. The van der Waals surface area contributed by atoms with E-state index in [2.05, 4.69) is 25.8 Å². The molecule has 0 aliphatic heterocycles. The fourth-order valence-electron chi connectivity index (χ4n) is 2.15. The summed E-state index contributed by atoms with van der Waals surface area (Å²) in [7, 11) is -3.92. The topological polar surface area (TPSA) is 64.0 Å². The highest BCUT2D eigenvalue weighted by atomic mass is 79.9. The molecule has 0 saturated heterocycles. The van der Waals surface area contributed by atoms with Crippen LogP contribution in [0, 0.1) is 11.6 Å². The highest BCUT2D eigenvalue weighted by Gasteiger charge is 2.18. The molecule has 1 aromatic heterocycles. The molecule has 130 valence electrons. The lowest BCUT2D eigenvalue weighted by molar-refractivity contribution is 0.585. The van der Waals surface area contributed by atoms with E-state index in [1.807, 2.05) is 0 Å². The van der Waals surface area contributed by atoms with Gasteiger partial charge in [-0.1, -0.05) is 18.2 Å². The Kier molecular flexibility index (Phi) is 4.87. The van der Waals surface area contributed by atoms with Crippen LogP contribution in [0.5, 0.6) is 0 Å². The number of hydrogen-bond acceptors (Lipinski definition) is 3. The third-order valence-electron chi connectivity index (χ3n) is 3.36. The number of sulfonamides is 1. The average molecular weight is 428 g/mol. The second-order valence-electron chi connectivity index (χ2n) is 5.17. The van der Waals surface area contributed by atoms with E-state index in [1.165, 1.54) is 16.9 Å². The maximum absolute atomic E-state index is 13.7. The smallest absolute Gasteiger partial charge is 0.263 e. The Labute approximate surface area is 151 Å². The van der Waals surface area contributed by atoms with Gasteiger partial charge in [0.2, 0.25) is 0 Å². The number of aromatic nitrogens is 2. The van der Waals surface area contributed by atoms with Crippen LogP contribution in [0.3, 0.4) is 0 Å². The van der Waals surface area contributed by atoms with Crippen molar-refractivity contribution in [3.63, 3.8) is 0 Å². The summed E-state index contributed by atoms with van der Waals surface area (Å²) in [6, 6.07) is 10.7. The van der Waals surface area contributed by atoms with E-state index in [0.29, 0.717) is 10.0 Å². The van der Waals surface area contributed by atoms with E-state index in [-0.39, 0.29) is 23.1 Å². The van der Waals surface area contributed by atoms with E-state index in [1.54, 1.807) is 18.2 Å². The van der Waals surface area contributed by atoms with Gasteiger partial charge in [0.05, 0.1) is 15.9 Å². The van der Waals surface area contributed by atoms with Crippen LogP contribution in [0.2, 0.25) is 0 Å². The van der Waals surface area contributed by atoms with Crippen molar-refractivity contribution < 1.29 is 17.2 Å². The first-order valence-electron chi connectivity index (χ1n) is 7.10. The molecule has 1 heterocycles. The van der Waals surface area contributed by atoms with Crippen LogP contribution in [0.15, 0.2) is 64.1 Å². The summed E-state index contributed by atoms with van der Waals surface area (Å²) in [5, 5.41) is 4.11. The second-order valence-corrected chi connectivity index (χ2v) is 7.71. The molecule has 2 aromatic carbocycles. The zero-order chi connectivity index (χ0) is 18.0. The molecule has 3 rings (SSSR count). The lowest BCUT2D eigenvalue weighted by Gasteiger charge is -2.06. The van der Waals surface area contributed by atoms with Crippen LogP contribution in [0.25, 0.3) is 0 Å². The summed E-state index contributed by atoms with van der Waals surface area (Å²) in [6.07, 6.45) is 1.54. The first kappa shape index (κ1) is 17.6.